The lowest BCUT2D eigenvalue weighted by Gasteiger charge is -2.28. The van der Waals surface area contributed by atoms with Crippen molar-refractivity contribution in [1.82, 2.24) is 5.32 Å². The van der Waals surface area contributed by atoms with Gasteiger partial charge in [-0.1, -0.05) is 13.8 Å². The van der Waals surface area contributed by atoms with Crippen molar-refractivity contribution in [3.05, 3.63) is 0 Å². The standard InChI is InChI=1S/C10H23NS/c1-9(2)8-10(3,4)11-6-7-12-5/h9,11H,6-8H2,1-5H3. The Labute approximate surface area is 81.7 Å². The first-order chi connectivity index (χ1) is 5.48. The normalized spacial score (nSPS) is 12.5. The van der Waals surface area contributed by atoms with E-state index in [4.69, 9.17) is 0 Å². The highest BCUT2D eigenvalue weighted by atomic mass is 32.2. The van der Waals surface area contributed by atoms with Gasteiger partial charge in [-0.3, -0.25) is 0 Å². The lowest BCUT2D eigenvalue weighted by atomic mass is 9.93. The zero-order chi connectivity index (χ0) is 9.61. The van der Waals surface area contributed by atoms with Crippen LogP contribution in [0.2, 0.25) is 0 Å². The zero-order valence-corrected chi connectivity index (χ0v) is 9.92. The summed E-state index contributed by atoms with van der Waals surface area (Å²) in [6.07, 6.45) is 3.40. The second-order valence-electron chi connectivity index (χ2n) is 4.40. The monoisotopic (exact) mass is 189 g/mol. The van der Waals surface area contributed by atoms with Gasteiger partial charge in [0.05, 0.1) is 0 Å². The van der Waals surface area contributed by atoms with Gasteiger partial charge in [0.1, 0.15) is 0 Å². The largest absolute Gasteiger partial charge is 0.311 e. The van der Waals surface area contributed by atoms with Gasteiger partial charge < -0.3 is 5.32 Å². The summed E-state index contributed by atoms with van der Waals surface area (Å²) in [6, 6.07) is 0. The highest BCUT2D eigenvalue weighted by Crippen LogP contribution is 2.15. The van der Waals surface area contributed by atoms with E-state index in [1.54, 1.807) is 0 Å². The van der Waals surface area contributed by atoms with Crippen molar-refractivity contribution in [2.75, 3.05) is 18.6 Å². The van der Waals surface area contributed by atoms with E-state index in [9.17, 15) is 0 Å². The Kier molecular flexibility index (Phi) is 6.02. The summed E-state index contributed by atoms with van der Waals surface area (Å²) in [5.41, 5.74) is 0.309. The van der Waals surface area contributed by atoms with Gasteiger partial charge in [-0.05, 0) is 32.4 Å². The van der Waals surface area contributed by atoms with Crippen LogP contribution in [0.4, 0.5) is 0 Å². The minimum absolute atomic E-state index is 0.309. The second-order valence-corrected chi connectivity index (χ2v) is 5.39. The Hall–Kier alpha value is 0.310. The molecule has 74 valence electrons. The molecular weight excluding hydrogens is 166 g/mol. The van der Waals surface area contributed by atoms with Gasteiger partial charge in [0.25, 0.3) is 0 Å². The van der Waals surface area contributed by atoms with Crippen molar-refractivity contribution < 1.29 is 0 Å². The van der Waals surface area contributed by atoms with Crippen LogP contribution in [-0.2, 0) is 0 Å². The van der Waals surface area contributed by atoms with Crippen LogP contribution in [0, 0.1) is 5.92 Å². The van der Waals surface area contributed by atoms with Gasteiger partial charge in [0, 0.05) is 17.8 Å². The van der Waals surface area contributed by atoms with Crippen LogP contribution in [0.3, 0.4) is 0 Å². The van der Waals surface area contributed by atoms with E-state index in [0.717, 1.165) is 12.5 Å². The Morgan fingerprint density at radius 3 is 2.33 bits per heavy atom. The average molecular weight is 189 g/mol. The summed E-state index contributed by atoms with van der Waals surface area (Å²) in [5.74, 6) is 1.99. The molecule has 0 bridgehead atoms. The number of hydrogen-bond donors (Lipinski definition) is 1. The molecule has 0 aromatic carbocycles. The van der Waals surface area contributed by atoms with E-state index in [1.165, 1.54) is 12.2 Å². The molecule has 0 aromatic rings. The van der Waals surface area contributed by atoms with Crippen LogP contribution in [0.15, 0.2) is 0 Å². The van der Waals surface area contributed by atoms with Gasteiger partial charge in [-0.2, -0.15) is 11.8 Å². The van der Waals surface area contributed by atoms with Crippen LogP contribution in [0.25, 0.3) is 0 Å². The van der Waals surface area contributed by atoms with Gasteiger partial charge in [-0.15, -0.1) is 0 Å². The quantitative estimate of drug-likeness (QED) is 0.645. The molecular formula is C10H23NS. The van der Waals surface area contributed by atoms with E-state index in [0.29, 0.717) is 5.54 Å². The molecule has 12 heavy (non-hydrogen) atoms. The molecule has 0 saturated heterocycles. The number of thioether (sulfide) groups is 1. The third-order valence-corrected chi connectivity index (χ3v) is 2.44. The summed E-state index contributed by atoms with van der Waals surface area (Å²) < 4.78 is 0. The van der Waals surface area contributed by atoms with Crippen LogP contribution in [-0.4, -0.2) is 24.1 Å². The molecule has 0 atom stereocenters. The first-order valence-electron chi connectivity index (χ1n) is 4.72. The third kappa shape index (κ3) is 6.99. The molecule has 2 heteroatoms. The lowest BCUT2D eigenvalue weighted by Crippen LogP contribution is -2.41. The summed E-state index contributed by atoms with van der Waals surface area (Å²) >= 11 is 1.90. The fourth-order valence-corrected chi connectivity index (χ4v) is 1.89. The predicted octanol–water partition coefficient (Wildman–Crippen LogP) is 2.76. The summed E-state index contributed by atoms with van der Waals surface area (Å²) in [4.78, 5) is 0. The van der Waals surface area contributed by atoms with Gasteiger partial charge >= 0.3 is 0 Å². The molecule has 0 aromatic heterocycles. The van der Waals surface area contributed by atoms with Crippen molar-refractivity contribution in [3.63, 3.8) is 0 Å². The molecule has 0 radical (unpaired) electrons. The third-order valence-electron chi connectivity index (χ3n) is 1.83. The van der Waals surface area contributed by atoms with Crippen LogP contribution in [0.5, 0.6) is 0 Å². The van der Waals surface area contributed by atoms with E-state index in [2.05, 4.69) is 39.3 Å². The fourth-order valence-electron chi connectivity index (χ4n) is 1.58. The molecule has 1 N–H and O–H groups in total. The minimum Gasteiger partial charge on any atom is -0.311 e. The number of rotatable bonds is 6. The Balaban J connectivity index is 3.56. The van der Waals surface area contributed by atoms with Crippen molar-refractivity contribution >= 4 is 11.8 Å². The topological polar surface area (TPSA) is 12.0 Å². The molecule has 0 saturated carbocycles. The van der Waals surface area contributed by atoms with Crippen molar-refractivity contribution in [3.8, 4) is 0 Å². The van der Waals surface area contributed by atoms with E-state index in [-0.39, 0.29) is 0 Å². The Morgan fingerprint density at radius 2 is 1.92 bits per heavy atom. The summed E-state index contributed by atoms with van der Waals surface area (Å²) in [5, 5.41) is 3.57. The molecule has 0 aliphatic carbocycles. The maximum atomic E-state index is 3.57. The highest BCUT2D eigenvalue weighted by Gasteiger charge is 2.17. The van der Waals surface area contributed by atoms with Crippen LogP contribution in [0.1, 0.15) is 34.1 Å². The first kappa shape index (κ1) is 12.3. The highest BCUT2D eigenvalue weighted by molar-refractivity contribution is 7.98. The molecule has 0 unspecified atom stereocenters. The number of hydrogen-bond acceptors (Lipinski definition) is 2. The van der Waals surface area contributed by atoms with Crippen LogP contribution >= 0.6 is 11.8 Å². The zero-order valence-electron chi connectivity index (χ0n) is 9.11. The fraction of sp³-hybridized carbons (Fsp3) is 1.00. The molecule has 0 rings (SSSR count). The SMILES string of the molecule is CSCCNC(C)(C)CC(C)C. The molecule has 0 amide bonds. The predicted molar refractivity (Wildman–Crippen MR) is 59.9 cm³/mol. The van der Waals surface area contributed by atoms with Crippen molar-refractivity contribution in [2.45, 2.75) is 39.7 Å². The molecule has 0 spiro atoms. The minimum atomic E-state index is 0.309. The maximum absolute atomic E-state index is 3.57. The number of nitrogens with one attached hydrogen (secondary N) is 1. The Bertz CT molecular complexity index is 110. The lowest BCUT2D eigenvalue weighted by molar-refractivity contribution is 0.326. The van der Waals surface area contributed by atoms with Crippen molar-refractivity contribution in [2.24, 2.45) is 5.92 Å². The summed E-state index contributed by atoms with van der Waals surface area (Å²) in [6.45, 7) is 10.2. The summed E-state index contributed by atoms with van der Waals surface area (Å²) in [7, 11) is 0. The Morgan fingerprint density at radius 1 is 1.33 bits per heavy atom. The molecule has 1 nitrogen and oxygen atoms in total. The van der Waals surface area contributed by atoms with Crippen LogP contribution < -0.4 is 5.32 Å². The van der Waals surface area contributed by atoms with Gasteiger partial charge in [-0.25, -0.2) is 0 Å². The van der Waals surface area contributed by atoms with E-state index >= 15 is 0 Å². The molecule has 0 heterocycles. The van der Waals surface area contributed by atoms with Crippen molar-refractivity contribution in [1.29, 1.82) is 0 Å². The average Bonchev–Trinajstić information content (AvgIpc) is 1.84. The first-order valence-corrected chi connectivity index (χ1v) is 6.11. The maximum Gasteiger partial charge on any atom is 0.0127 e. The second kappa shape index (κ2) is 5.87. The molecule has 0 aliphatic heterocycles. The van der Waals surface area contributed by atoms with E-state index in [1.807, 2.05) is 11.8 Å². The van der Waals surface area contributed by atoms with E-state index < -0.39 is 0 Å². The molecule has 0 fully saturated rings. The smallest absolute Gasteiger partial charge is 0.0127 e. The van der Waals surface area contributed by atoms with Gasteiger partial charge in [0.15, 0.2) is 0 Å². The molecule has 0 aliphatic rings. The van der Waals surface area contributed by atoms with Gasteiger partial charge in [0.2, 0.25) is 0 Å².